The lowest BCUT2D eigenvalue weighted by atomic mass is 10.0. The van der Waals surface area contributed by atoms with Crippen LogP contribution in [0.5, 0.6) is 5.75 Å². The van der Waals surface area contributed by atoms with Crippen LogP contribution >= 0.6 is 18.7 Å². The van der Waals surface area contributed by atoms with E-state index >= 15 is 0 Å². The Labute approximate surface area is 233 Å². The van der Waals surface area contributed by atoms with Crippen LogP contribution in [0.1, 0.15) is 0 Å². The molecule has 1 aliphatic rings. The molecular formula is C27H32ClN8O2P. The summed E-state index contributed by atoms with van der Waals surface area (Å²) >= 11 is 6.46. The largest absolute Gasteiger partial charge is 0.494 e. The van der Waals surface area contributed by atoms with Gasteiger partial charge in [-0.15, -0.1) is 0 Å². The molecule has 2 aromatic heterocycles. The third-order valence-corrected chi connectivity index (χ3v) is 8.35. The van der Waals surface area contributed by atoms with Crippen molar-refractivity contribution in [3.63, 3.8) is 0 Å². The lowest BCUT2D eigenvalue weighted by Crippen LogP contribution is -2.43. The van der Waals surface area contributed by atoms with Gasteiger partial charge in [-0.05, 0) is 31.5 Å². The molecule has 4 aromatic rings. The van der Waals surface area contributed by atoms with Crippen LogP contribution in [0.3, 0.4) is 0 Å². The van der Waals surface area contributed by atoms with E-state index in [2.05, 4.69) is 35.9 Å². The highest BCUT2D eigenvalue weighted by molar-refractivity contribution is 7.70. The third kappa shape index (κ3) is 6.03. The second-order valence-electron chi connectivity index (χ2n) is 9.72. The molecule has 1 aliphatic heterocycles. The van der Waals surface area contributed by atoms with Crippen LogP contribution in [-0.4, -0.2) is 66.4 Å². The van der Waals surface area contributed by atoms with Crippen LogP contribution in [0.15, 0.2) is 55.0 Å². The molecule has 5 rings (SSSR count). The smallest absolute Gasteiger partial charge is 0.229 e. The van der Waals surface area contributed by atoms with Gasteiger partial charge < -0.3 is 30.2 Å². The molecule has 10 nitrogen and oxygen atoms in total. The molecule has 0 atom stereocenters. The van der Waals surface area contributed by atoms with Crippen LogP contribution in [0.25, 0.3) is 11.1 Å². The average molecular weight is 567 g/mol. The quantitative estimate of drug-likeness (QED) is 0.262. The van der Waals surface area contributed by atoms with Crippen molar-refractivity contribution >= 4 is 52.9 Å². The van der Waals surface area contributed by atoms with Gasteiger partial charge in [0.2, 0.25) is 5.95 Å². The fourth-order valence-corrected chi connectivity index (χ4v) is 5.90. The van der Waals surface area contributed by atoms with Gasteiger partial charge in [-0.3, -0.25) is 4.68 Å². The van der Waals surface area contributed by atoms with Crippen LogP contribution in [-0.2, 0) is 11.6 Å². The maximum atomic E-state index is 12.8. The second kappa shape index (κ2) is 11.3. The molecule has 204 valence electrons. The second-order valence-corrected chi connectivity index (χ2v) is 13.3. The predicted molar refractivity (Wildman–Crippen MR) is 159 cm³/mol. The van der Waals surface area contributed by atoms with E-state index in [0.29, 0.717) is 33.9 Å². The van der Waals surface area contributed by atoms with Crippen molar-refractivity contribution in [1.82, 2.24) is 25.1 Å². The first-order valence-corrected chi connectivity index (χ1v) is 15.6. The lowest BCUT2D eigenvalue weighted by molar-refractivity contribution is 0.416. The Hall–Kier alpha value is -3.59. The van der Waals surface area contributed by atoms with Crippen molar-refractivity contribution in [1.29, 1.82) is 0 Å². The van der Waals surface area contributed by atoms with Gasteiger partial charge >= 0.3 is 0 Å². The average Bonchev–Trinajstić information content (AvgIpc) is 3.36. The summed E-state index contributed by atoms with van der Waals surface area (Å²) in [6.07, 6.45) is 5.38. The Morgan fingerprint density at radius 3 is 2.54 bits per heavy atom. The Kier molecular flexibility index (Phi) is 7.79. The van der Waals surface area contributed by atoms with E-state index in [0.717, 1.165) is 48.3 Å². The molecule has 0 aliphatic carbocycles. The standard InChI is InChI=1S/C27H32ClN8O2P/c1-35-17-18(15-31-35)19-13-22(24(38-2)14-23(19)36-11-9-29-10-12-36)33-27-30-16-20(28)26(34-27)32-21-7-5-6-8-25(21)39(3,4)37/h5-8,13-17,29H,9-12H2,1-4H3,(H2,30,32,33,34). The molecule has 2 aromatic carbocycles. The van der Waals surface area contributed by atoms with Gasteiger partial charge in [-0.2, -0.15) is 10.1 Å². The molecule has 3 N–H and O–H groups in total. The molecule has 0 radical (unpaired) electrons. The molecule has 0 spiro atoms. The summed E-state index contributed by atoms with van der Waals surface area (Å²) in [6.45, 7) is 7.08. The number of ether oxygens (including phenoxy) is 1. The van der Waals surface area contributed by atoms with Crippen LogP contribution in [0.4, 0.5) is 28.8 Å². The molecule has 0 amide bonds. The van der Waals surface area contributed by atoms with Gasteiger partial charge in [0.1, 0.15) is 17.9 Å². The van der Waals surface area contributed by atoms with Crippen LogP contribution < -0.4 is 30.9 Å². The molecule has 12 heteroatoms. The Morgan fingerprint density at radius 2 is 1.85 bits per heavy atom. The van der Waals surface area contributed by atoms with Crippen molar-refractivity contribution in [2.24, 2.45) is 7.05 Å². The number of aryl methyl sites for hydroxylation is 1. The summed E-state index contributed by atoms with van der Waals surface area (Å²) < 4.78 is 20.4. The normalized spacial score (nSPS) is 13.8. The van der Waals surface area contributed by atoms with E-state index in [-0.39, 0.29) is 0 Å². The number of nitrogens with one attached hydrogen (secondary N) is 3. The van der Waals surface area contributed by atoms with Crippen molar-refractivity contribution in [2.75, 3.05) is 62.2 Å². The summed E-state index contributed by atoms with van der Waals surface area (Å²) in [6, 6.07) is 11.5. The van der Waals surface area contributed by atoms with E-state index in [9.17, 15) is 4.57 Å². The van der Waals surface area contributed by atoms with Gasteiger partial charge in [0.15, 0.2) is 5.82 Å². The van der Waals surface area contributed by atoms with Crippen molar-refractivity contribution < 1.29 is 9.30 Å². The van der Waals surface area contributed by atoms with Gasteiger partial charge in [-0.1, -0.05) is 23.7 Å². The highest BCUT2D eigenvalue weighted by atomic mass is 35.5. The van der Waals surface area contributed by atoms with E-state index in [1.807, 2.05) is 55.8 Å². The van der Waals surface area contributed by atoms with Gasteiger partial charge in [-0.25, -0.2) is 4.98 Å². The number of anilines is 5. The van der Waals surface area contributed by atoms with Crippen molar-refractivity contribution in [2.45, 2.75) is 0 Å². The zero-order valence-electron chi connectivity index (χ0n) is 22.4. The number of piperazine rings is 1. The first-order valence-electron chi connectivity index (χ1n) is 12.6. The maximum absolute atomic E-state index is 12.8. The minimum absolute atomic E-state index is 0.334. The van der Waals surface area contributed by atoms with Gasteiger partial charge in [0.25, 0.3) is 0 Å². The molecule has 1 fully saturated rings. The first kappa shape index (κ1) is 27.0. The maximum Gasteiger partial charge on any atom is 0.229 e. The van der Waals surface area contributed by atoms with Gasteiger partial charge in [0, 0.05) is 67.6 Å². The molecule has 0 saturated carbocycles. The fraction of sp³-hybridized carbons (Fsp3) is 0.296. The van der Waals surface area contributed by atoms with Crippen LogP contribution in [0, 0.1) is 0 Å². The number of rotatable bonds is 8. The summed E-state index contributed by atoms with van der Waals surface area (Å²) in [7, 11) is 1.02. The SMILES string of the molecule is COc1cc(N2CCNCC2)c(-c2cnn(C)c2)cc1Nc1ncc(Cl)c(Nc2ccccc2P(C)(C)=O)n1. The summed E-state index contributed by atoms with van der Waals surface area (Å²) in [5.41, 5.74) is 4.49. The number of aromatic nitrogens is 4. The van der Waals surface area contributed by atoms with E-state index < -0.39 is 7.14 Å². The third-order valence-electron chi connectivity index (χ3n) is 6.52. The number of nitrogens with zero attached hydrogens (tertiary/aromatic N) is 5. The minimum Gasteiger partial charge on any atom is -0.494 e. The predicted octanol–water partition coefficient (Wildman–Crippen LogP) is 4.68. The number of hydrogen-bond donors (Lipinski definition) is 3. The summed E-state index contributed by atoms with van der Waals surface area (Å²) in [5.74, 6) is 1.40. The highest BCUT2D eigenvalue weighted by Crippen LogP contribution is 2.41. The van der Waals surface area contributed by atoms with Crippen LogP contribution in [0.2, 0.25) is 5.02 Å². The number of hydrogen-bond acceptors (Lipinski definition) is 9. The van der Waals surface area contributed by atoms with Gasteiger partial charge in [0.05, 0.1) is 30.9 Å². The molecule has 0 unspecified atom stereocenters. The zero-order chi connectivity index (χ0) is 27.6. The highest BCUT2D eigenvalue weighted by Gasteiger charge is 2.21. The summed E-state index contributed by atoms with van der Waals surface area (Å²) in [5, 5.41) is 15.4. The topological polar surface area (TPSA) is 109 Å². The molecule has 3 heterocycles. The van der Waals surface area contributed by atoms with Crippen molar-refractivity contribution in [3.8, 4) is 16.9 Å². The molecule has 0 bridgehead atoms. The van der Waals surface area contributed by atoms with E-state index in [4.69, 9.17) is 16.3 Å². The number of halogens is 1. The molecule has 39 heavy (non-hydrogen) atoms. The Morgan fingerprint density at radius 1 is 1.08 bits per heavy atom. The monoisotopic (exact) mass is 566 g/mol. The first-order chi connectivity index (χ1) is 18.7. The summed E-state index contributed by atoms with van der Waals surface area (Å²) in [4.78, 5) is 11.4. The number of para-hydroxylation sites is 1. The Balaban J connectivity index is 1.51. The van der Waals surface area contributed by atoms with E-state index in [1.165, 1.54) is 6.20 Å². The zero-order valence-corrected chi connectivity index (χ0v) is 24.1. The Bertz CT molecular complexity index is 1530. The van der Waals surface area contributed by atoms with Crippen molar-refractivity contribution in [3.05, 3.63) is 60.0 Å². The molecule has 1 saturated heterocycles. The lowest BCUT2D eigenvalue weighted by Gasteiger charge is -2.31. The van der Waals surface area contributed by atoms with E-state index in [1.54, 1.807) is 25.1 Å². The number of benzene rings is 2. The number of methoxy groups -OCH3 is 1. The molecular weight excluding hydrogens is 535 g/mol. The minimum atomic E-state index is -2.53. The fourth-order valence-electron chi connectivity index (χ4n) is 4.61.